The van der Waals surface area contributed by atoms with E-state index in [2.05, 4.69) is 29.2 Å². The third kappa shape index (κ3) is 3.16. The quantitative estimate of drug-likeness (QED) is 0.871. The molecule has 1 aromatic rings. The van der Waals surface area contributed by atoms with E-state index >= 15 is 0 Å². The first-order valence-electron chi connectivity index (χ1n) is 7.04. The highest BCUT2D eigenvalue weighted by molar-refractivity contribution is 5.50. The van der Waals surface area contributed by atoms with E-state index in [1.165, 1.54) is 24.9 Å². The predicted molar refractivity (Wildman–Crippen MR) is 76.3 cm³/mol. The fourth-order valence-corrected chi connectivity index (χ4v) is 2.73. The van der Waals surface area contributed by atoms with Gasteiger partial charge in [-0.3, -0.25) is 0 Å². The highest BCUT2D eigenvalue weighted by Gasteiger charge is 2.21. The molecule has 3 nitrogen and oxygen atoms in total. The molecule has 1 aliphatic rings. The summed E-state index contributed by atoms with van der Waals surface area (Å²) in [6.07, 6.45) is 4.98. The molecule has 0 amide bonds. The maximum Gasteiger partial charge on any atom is 0.119 e. The Kier molecular flexibility index (Phi) is 4.88. The van der Waals surface area contributed by atoms with Gasteiger partial charge in [-0.1, -0.05) is 0 Å². The number of benzene rings is 1. The Hall–Kier alpha value is -1.22. The molecule has 1 saturated heterocycles. The Morgan fingerprint density at radius 1 is 1.28 bits per heavy atom. The molecule has 0 aliphatic carbocycles. The second kappa shape index (κ2) is 6.64. The van der Waals surface area contributed by atoms with Crippen LogP contribution in [0.3, 0.4) is 0 Å². The van der Waals surface area contributed by atoms with Crippen molar-refractivity contribution in [2.24, 2.45) is 5.73 Å². The summed E-state index contributed by atoms with van der Waals surface area (Å²) in [7, 11) is 0. The SMILES string of the molecule is CCOc1ccc(N2CCCCC2CCN)cc1. The molecule has 2 N–H and O–H groups in total. The molecule has 100 valence electrons. The number of hydrogen-bond acceptors (Lipinski definition) is 3. The van der Waals surface area contributed by atoms with E-state index in [0.29, 0.717) is 6.04 Å². The number of anilines is 1. The van der Waals surface area contributed by atoms with Gasteiger partial charge in [-0.2, -0.15) is 0 Å². The minimum Gasteiger partial charge on any atom is -0.494 e. The number of nitrogens with zero attached hydrogens (tertiary/aromatic N) is 1. The van der Waals surface area contributed by atoms with Crippen LogP contribution in [0.2, 0.25) is 0 Å². The molecular weight excluding hydrogens is 224 g/mol. The smallest absolute Gasteiger partial charge is 0.119 e. The maximum absolute atomic E-state index is 5.72. The van der Waals surface area contributed by atoms with E-state index < -0.39 is 0 Å². The van der Waals surface area contributed by atoms with Crippen molar-refractivity contribution >= 4 is 5.69 Å². The lowest BCUT2D eigenvalue weighted by atomic mass is 9.98. The molecule has 1 unspecified atom stereocenters. The van der Waals surface area contributed by atoms with Crippen LogP contribution in [0.5, 0.6) is 5.75 Å². The molecule has 0 aromatic heterocycles. The molecule has 1 atom stereocenters. The maximum atomic E-state index is 5.72. The first kappa shape index (κ1) is 13.2. The van der Waals surface area contributed by atoms with Crippen LogP contribution >= 0.6 is 0 Å². The third-order valence-corrected chi connectivity index (χ3v) is 3.61. The first-order chi connectivity index (χ1) is 8.85. The second-order valence-electron chi connectivity index (χ2n) is 4.85. The van der Waals surface area contributed by atoms with E-state index in [0.717, 1.165) is 31.9 Å². The highest BCUT2D eigenvalue weighted by Crippen LogP contribution is 2.27. The van der Waals surface area contributed by atoms with Crippen LogP contribution in [0.1, 0.15) is 32.6 Å². The fourth-order valence-electron chi connectivity index (χ4n) is 2.73. The fraction of sp³-hybridized carbons (Fsp3) is 0.600. The molecule has 0 saturated carbocycles. The van der Waals surface area contributed by atoms with E-state index in [9.17, 15) is 0 Å². The lowest BCUT2D eigenvalue weighted by molar-refractivity contribution is 0.340. The van der Waals surface area contributed by atoms with Crippen molar-refractivity contribution in [3.8, 4) is 5.75 Å². The van der Waals surface area contributed by atoms with Crippen LogP contribution in [-0.2, 0) is 0 Å². The van der Waals surface area contributed by atoms with Crippen LogP contribution < -0.4 is 15.4 Å². The standard InChI is InChI=1S/C15H24N2O/c1-2-18-15-8-6-14(7-9-15)17-12-4-3-5-13(17)10-11-16/h6-9,13H,2-5,10-12,16H2,1H3. The number of piperidine rings is 1. The van der Waals surface area contributed by atoms with Crippen LogP contribution in [0, 0.1) is 0 Å². The number of ether oxygens (including phenoxy) is 1. The number of rotatable bonds is 5. The zero-order valence-corrected chi connectivity index (χ0v) is 11.3. The average molecular weight is 248 g/mol. The Morgan fingerprint density at radius 2 is 2.06 bits per heavy atom. The predicted octanol–water partition coefficient (Wildman–Crippen LogP) is 2.79. The molecular formula is C15H24N2O. The van der Waals surface area contributed by atoms with Gasteiger partial charge in [0.15, 0.2) is 0 Å². The summed E-state index contributed by atoms with van der Waals surface area (Å²) in [6, 6.07) is 9.07. The van der Waals surface area contributed by atoms with Gasteiger partial charge in [0.25, 0.3) is 0 Å². The topological polar surface area (TPSA) is 38.5 Å². The van der Waals surface area contributed by atoms with Crippen LogP contribution in [-0.4, -0.2) is 25.7 Å². The van der Waals surface area contributed by atoms with Crippen LogP contribution in [0.25, 0.3) is 0 Å². The summed E-state index contributed by atoms with van der Waals surface area (Å²) in [6.45, 7) is 4.66. The Bertz CT molecular complexity index is 348. The summed E-state index contributed by atoms with van der Waals surface area (Å²) in [5.41, 5.74) is 7.02. The largest absolute Gasteiger partial charge is 0.494 e. The van der Waals surface area contributed by atoms with Crippen molar-refractivity contribution in [1.29, 1.82) is 0 Å². The van der Waals surface area contributed by atoms with Gasteiger partial charge in [-0.05, 0) is 63.4 Å². The van der Waals surface area contributed by atoms with E-state index in [1.807, 2.05) is 6.92 Å². The van der Waals surface area contributed by atoms with Crippen molar-refractivity contribution in [2.75, 3.05) is 24.6 Å². The number of nitrogens with two attached hydrogens (primary N) is 1. The molecule has 0 spiro atoms. The summed E-state index contributed by atoms with van der Waals surface area (Å²) in [5, 5.41) is 0. The number of hydrogen-bond donors (Lipinski definition) is 1. The van der Waals surface area contributed by atoms with Gasteiger partial charge in [0.2, 0.25) is 0 Å². The van der Waals surface area contributed by atoms with Gasteiger partial charge >= 0.3 is 0 Å². The zero-order chi connectivity index (χ0) is 12.8. The van der Waals surface area contributed by atoms with E-state index in [4.69, 9.17) is 10.5 Å². The lowest BCUT2D eigenvalue weighted by Crippen LogP contribution is -2.40. The van der Waals surface area contributed by atoms with Crippen molar-refractivity contribution in [1.82, 2.24) is 0 Å². The summed E-state index contributed by atoms with van der Waals surface area (Å²) >= 11 is 0. The van der Waals surface area contributed by atoms with Gasteiger partial charge < -0.3 is 15.4 Å². The third-order valence-electron chi connectivity index (χ3n) is 3.61. The van der Waals surface area contributed by atoms with E-state index in [1.54, 1.807) is 0 Å². The summed E-state index contributed by atoms with van der Waals surface area (Å²) < 4.78 is 5.48. The molecule has 1 aliphatic heterocycles. The summed E-state index contributed by atoms with van der Waals surface area (Å²) in [5.74, 6) is 0.952. The van der Waals surface area contributed by atoms with Crippen molar-refractivity contribution in [3.63, 3.8) is 0 Å². The summed E-state index contributed by atoms with van der Waals surface area (Å²) in [4.78, 5) is 2.51. The molecule has 1 fully saturated rings. The minimum atomic E-state index is 0.613. The van der Waals surface area contributed by atoms with E-state index in [-0.39, 0.29) is 0 Å². The average Bonchev–Trinajstić information content (AvgIpc) is 2.41. The molecule has 18 heavy (non-hydrogen) atoms. The minimum absolute atomic E-state index is 0.613. The van der Waals surface area contributed by atoms with Crippen molar-refractivity contribution in [2.45, 2.75) is 38.6 Å². The van der Waals surface area contributed by atoms with Gasteiger partial charge in [0.1, 0.15) is 5.75 Å². The van der Waals surface area contributed by atoms with Crippen LogP contribution in [0.4, 0.5) is 5.69 Å². The highest BCUT2D eigenvalue weighted by atomic mass is 16.5. The first-order valence-corrected chi connectivity index (χ1v) is 7.04. The second-order valence-corrected chi connectivity index (χ2v) is 4.85. The Morgan fingerprint density at radius 3 is 2.72 bits per heavy atom. The molecule has 2 rings (SSSR count). The van der Waals surface area contributed by atoms with Crippen molar-refractivity contribution < 1.29 is 4.74 Å². The molecule has 1 aromatic carbocycles. The Labute approximate surface area is 110 Å². The monoisotopic (exact) mass is 248 g/mol. The molecule has 0 radical (unpaired) electrons. The van der Waals surface area contributed by atoms with Crippen LogP contribution in [0.15, 0.2) is 24.3 Å². The lowest BCUT2D eigenvalue weighted by Gasteiger charge is -2.37. The van der Waals surface area contributed by atoms with Gasteiger partial charge in [-0.25, -0.2) is 0 Å². The van der Waals surface area contributed by atoms with Gasteiger partial charge in [0, 0.05) is 18.3 Å². The van der Waals surface area contributed by atoms with Gasteiger partial charge in [-0.15, -0.1) is 0 Å². The Balaban J connectivity index is 2.07. The van der Waals surface area contributed by atoms with Crippen molar-refractivity contribution in [3.05, 3.63) is 24.3 Å². The molecule has 0 bridgehead atoms. The zero-order valence-electron chi connectivity index (χ0n) is 11.3. The normalized spacial score (nSPS) is 19.9. The van der Waals surface area contributed by atoms with Gasteiger partial charge in [0.05, 0.1) is 6.61 Å². The molecule has 3 heteroatoms. The molecule has 1 heterocycles.